The molecule has 0 bridgehead atoms. The second kappa shape index (κ2) is 5.57. The number of thiophene rings is 1. The monoisotopic (exact) mass is 367 g/mol. The summed E-state index contributed by atoms with van der Waals surface area (Å²) in [7, 11) is 0. The first-order valence-corrected chi connectivity index (χ1v) is 8.98. The van der Waals surface area contributed by atoms with E-state index in [1.807, 2.05) is 26.1 Å². The molecule has 0 spiro atoms. The highest BCUT2D eigenvalue weighted by Gasteiger charge is 2.38. The molecule has 0 saturated carbocycles. The highest BCUT2D eigenvalue weighted by atomic mass is 32.1. The maximum atomic E-state index is 13.3. The lowest BCUT2D eigenvalue weighted by molar-refractivity contribution is 0.0113. The van der Waals surface area contributed by atoms with E-state index < -0.39 is 5.92 Å². The Hall–Kier alpha value is -1.87. The number of hydrazone groups is 1. The summed E-state index contributed by atoms with van der Waals surface area (Å²) >= 11 is 1.40. The van der Waals surface area contributed by atoms with Gasteiger partial charge in [0.1, 0.15) is 10.5 Å². The van der Waals surface area contributed by atoms with E-state index in [1.165, 1.54) is 11.3 Å². The maximum Gasteiger partial charge on any atom is 0.268 e. The highest BCUT2D eigenvalue weighted by Crippen LogP contribution is 2.36. The molecule has 2 aliphatic heterocycles. The molecule has 1 atom stereocenters. The molecule has 0 aliphatic carbocycles. The second-order valence-corrected chi connectivity index (χ2v) is 8.37. The van der Waals surface area contributed by atoms with Gasteiger partial charge in [-0.1, -0.05) is 0 Å². The van der Waals surface area contributed by atoms with Crippen LogP contribution in [0.15, 0.2) is 16.0 Å². The molecule has 9 heteroatoms. The molecule has 2 aliphatic rings. The van der Waals surface area contributed by atoms with Gasteiger partial charge in [0.05, 0.1) is 30.1 Å². The van der Waals surface area contributed by atoms with Crippen LogP contribution in [0, 0.1) is 0 Å². The van der Waals surface area contributed by atoms with Crippen molar-refractivity contribution < 1.29 is 8.78 Å². The van der Waals surface area contributed by atoms with Gasteiger partial charge < -0.3 is 10.4 Å². The van der Waals surface area contributed by atoms with Gasteiger partial charge in [0.2, 0.25) is 0 Å². The Labute approximate surface area is 146 Å². The standard InChI is InChI=1S/C16H19F2N5OS/c1-15(2)9(6-19-22-15)11-5-10-13(25-11)14(24)21-12(20-10)7-23-4-3-16(17,18)8-23/h5-6,9,22H,3-4,7-8H2,1-2H3,(H,20,21,24). The average Bonchev–Trinajstić information content (AvgIpc) is 3.16. The van der Waals surface area contributed by atoms with Crippen LogP contribution in [0.1, 0.15) is 36.9 Å². The molecule has 0 radical (unpaired) electrons. The predicted octanol–water partition coefficient (Wildman–Crippen LogP) is 2.28. The molecule has 2 aromatic heterocycles. The number of halogens is 2. The Bertz CT molecular complexity index is 904. The lowest BCUT2D eigenvalue weighted by atomic mass is 9.89. The molecule has 4 heterocycles. The molecular formula is C16H19F2N5OS. The molecule has 2 aromatic rings. The summed E-state index contributed by atoms with van der Waals surface area (Å²) in [5, 5.41) is 4.13. The van der Waals surface area contributed by atoms with Crippen LogP contribution in [0.25, 0.3) is 10.2 Å². The Morgan fingerprint density at radius 1 is 1.44 bits per heavy atom. The third kappa shape index (κ3) is 3.06. The van der Waals surface area contributed by atoms with Gasteiger partial charge in [-0.2, -0.15) is 5.10 Å². The molecule has 1 saturated heterocycles. The summed E-state index contributed by atoms with van der Waals surface area (Å²) in [5.41, 5.74) is 3.23. The zero-order valence-corrected chi connectivity index (χ0v) is 14.8. The van der Waals surface area contributed by atoms with Crippen molar-refractivity contribution in [2.75, 3.05) is 13.1 Å². The summed E-state index contributed by atoms with van der Waals surface area (Å²) in [6.45, 7) is 4.34. The number of H-pyrrole nitrogens is 1. The molecule has 4 rings (SSSR count). The lowest BCUT2D eigenvalue weighted by Crippen LogP contribution is -2.36. The van der Waals surface area contributed by atoms with Gasteiger partial charge in [0, 0.05) is 24.1 Å². The van der Waals surface area contributed by atoms with E-state index in [0.29, 0.717) is 22.6 Å². The van der Waals surface area contributed by atoms with Gasteiger partial charge in [-0.05, 0) is 19.9 Å². The van der Waals surface area contributed by atoms with Crippen LogP contribution in [0.5, 0.6) is 0 Å². The molecule has 25 heavy (non-hydrogen) atoms. The van der Waals surface area contributed by atoms with Gasteiger partial charge in [-0.3, -0.25) is 9.69 Å². The lowest BCUT2D eigenvalue weighted by Gasteiger charge is -2.24. The number of rotatable bonds is 3. The third-order valence-electron chi connectivity index (χ3n) is 4.73. The predicted molar refractivity (Wildman–Crippen MR) is 93.5 cm³/mol. The number of likely N-dealkylation sites (tertiary alicyclic amines) is 1. The molecular weight excluding hydrogens is 348 g/mol. The van der Waals surface area contributed by atoms with Crippen molar-refractivity contribution in [1.29, 1.82) is 0 Å². The Morgan fingerprint density at radius 2 is 2.24 bits per heavy atom. The van der Waals surface area contributed by atoms with Crippen LogP contribution in [-0.4, -0.2) is 45.6 Å². The maximum absolute atomic E-state index is 13.3. The van der Waals surface area contributed by atoms with Gasteiger partial charge in [-0.25, -0.2) is 13.8 Å². The van der Waals surface area contributed by atoms with E-state index in [-0.39, 0.29) is 36.5 Å². The van der Waals surface area contributed by atoms with Crippen LogP contribution in [-0.2, 0) is 6.54 Å². The van der Waals surface area contributed by atoms with E-state index >= 15 is 0 Å². The van der Waals surface area contributed by atoms with E-state index in [4.69, 9.17) is 0 Å². The Morgan fingerprint density at radius 3 is 2.88 bits per heavy atom. The minimum Gasteiger partial charge on any atom is -0.308 e. The van der Waals surface area contributed by atoms with Crippen molar-refractivity contribution in [2.45, 2.75) is 44.2 Å². The number of fused-ring (bicyclic) bond motifs is 1. The smallest absolute Gasteiger partial charge is 0.268 e. The molecule has 0 amide bonds. The molecule has 2 N–H and O–H groups in total. The summed E-state index contributed by atoms with van der Waals surface area (Å²) < 4.78 is 27.2. The normalized spacial score (nSPS) is 24.9. The van der Waals surface area contributed by atoms with Crippen LogP contribution < -0.4 is 11.0 Å². The minimum absolute atomic E-state index is 0.0619. The Kier molecular flexibility index (Phi) is 3.69. The molecule has 1 unspecified atom stereocenters. The molecule has 0 aromatic carbocycles. The van der Waals surface area contributed by atoms with E-state index in [0.717, 1.165) is 4.88 Å². The first-order chi connectivity index (χ1) is 11.7. The fourth-order valence-corrected chi connectivity index (χ4v) is 4.59. The number of nitrogens with one attached hydrogen (secondary N) is 2. The quantitative estimate of drug-likeness (QED) is 0.873. The van der Waals surface area contributed by atoms with E-state index in [9.17, 15) is 13.6 Å². The van der Waals surface area contributed by atoms with Crippen molar-refractivity contribution in [3.63, 3.8) is 0 Å². The fourth-order valence-electron chi connectivity index (χ4n) is 3.35. The van der Waals surface area contributed by atoms with Crippen molar-refractivity contribution >= 4 is 27.8 Å². The highest BCUT2D eigenvalue weighted by molar-refractivity contribution is 7.19. The second-order valence-electron chi connectivity index (χ2n) is 7.28. The molecule has 1 fully saturated rings. The first kappa shape index (κ1) is 16.6. The molecule has 134 valence electrons. The van der Waals surface area contributed by atoms with Crippen LogP contribution in [0.3, 0.4) is 0 Å². The van der Waals surface area contributed by atoms with Crippen LogP contribution in [0.4, 0.5) is 8.78 Å². The average molecular weight is 367 g/mol. The fraction of sp³-hybridized carbons (Fsp3) is 0.562. The SMILES string of the molecule is CC1(C)NN=CC1c1cc2nc(CN3CCC(F)(F)C3)[nH]c(=O)c2s1. The Balaban J connectivity index is 1.64. The van der Waals surface area contributed by atoms with E-state index in [1.54, 1.807) is 4.90 Å². The van der Waals surface area contributed by atoms with Crippen molar-refractivity contribution in [1.82, 2.24) is 20.3 Å². The topological polar surface area (TPSA) is 73.4 Å². The largest absolute Gasteiger partial charge is 0.308 e. The van der Waals surface area contributed by atoms with Crippen molar-refractivity contribution in [3.8, 4) is 0 Å². The number of aromatic amines is 1. The number of hydrogen-bond donors (Lipinski definition) is 2. The zero-order chi connectivity index (χ0) is 17.8. The summed E-state index contributed by atoms with van der Waals surface area (Å²) in [6, 6.07) is 1.91. The van der Waals surface area contributed by atoms with Crippen molar-refractivity contribution in [3.05, 3.63) is 27.1 Å². The van der Waals surface area contributed by atoms with Crippen LogP contribution >= 0.6 is 11.3 Å². The van der Waals surface area contributed by atoms with Gasteiger partial charge >= 0.3 is 0 Å². The number of nitrogens with zero attached hydrogens (tertiary/aromatic N) is 3. The van der Waals surface area contributed by atoms with Crippen molar-refractivity contribution in [2.24, 2.45) is 5.10 Å². The summed E-state index contributed by atoms with van der Waals surface area (Å²) in [4.78, 5) is 22.2. The van der Waals surface area contributed by atoms with E-state index in [2.05, 4.69) is 20.5 Å². The first-order valence-electron chi connectivity index (χ1n) is 8.17. The molecule has 6 nitrogen and oxygen atoms in total. The minimum atomic E-state index is -2.65. The number of hydrogen-bond acceptors (Lipinski definition) is 6. The summed E-state index contributed by atoms with van der Waals surface area (Å²) in [5.74, 6) is -2.16. The number of alkyl halides is 2. The van der Waals surface area contributed by atoms with Gasteiger partial charge in [0.25, 0.3) is 11.5 Å². The number of aromatic nitrogens is 2. The zero-order valence-electron chi connectivity index (χ0n) is 14.0. The summed E-state index contributed by atoms with van der Waals surface area (Å²) in [6.07, 6.45) is 1.69. The third-order valence-corrected chi connectivity index (χ3v) is 5.94. The van der Waals surface area contributed by atoms with Gasteiger partial charge in [0.15, 0.2) is 0 Å². The van der Waals surface area contributed by atoms with Gasteiger partial charge in [-0.15, -0.1) is 11.3 Å². The van der Waals surface area contributed by atoms with Crippen LogP contribution in [0.2, 0.25) is 0 Å².